The van der Waals surface area contributed by atoms with Crippen LogP contribution in [0.2, 0.25) is 0 Å². The number of allylic oxidation sites excluding steroid dienone is 2. The summed E-state index contributed by atoms with van der Waals surface area (Å²) in [5.41, 5.74) is -0.893. The Morgan fingerprint density at radius 3 is 1.36 bits per heavy atom. The molecular formula is C38H69N5O10. The van der Waals surface area contributed by atoms with Crippen LogP contribution in [-0.2, 0) is 28.7 Å². The molecule has 0 aromatic rings. The van der Waals surface area contributed by atoms with Crippen LogP contribution in [0.5, 0.6) is 0 Å². The molecule has 306 valence electrons. The Kier molecular flexibility index (Phi) is 21.7. The van der Waals surface area contributed by atoms with Gasteiger partial charge in [-0.15, -0.1) is 0 Å². The lowest BCUT2D eigenvalue weighted by Gasteiger charge is -2.37. The smallest absolute Gasteiger partial charge is 0.317 e. The van der Waals surface area contributed by atoms with Crippen LogP contribution in [0.25, 0.3) is 0 Å². The van der Waals surface area contributed by atoms with Crippen molar-refractivity contribution in [3.05, 3.63) is 12.2 Å². The van der Waals surface area contributed by atoms with Crippen molar-refractivity contribution in [1.82, 2.24) is 24.9 Å². The van der Waals surface area contributed by atoms with E-state index in [1.54, 1.807) is 14.7 Å². The molecule has 2 atom stereocenters. The summed E-state index contributed by atoms with van der Waals surface area (Å²) >= 11 is 0. The van der Waals surface area contributed by atoms with E-state index < -0.39 is 29.1 Å². The van der Waals surface area contributed by atoms with E-state index in [1.165, 1.54) is 38.5 Å². The number of ether oxygens (including phenoxy) is 2. The average molecular weight is 756 g/mol. The fourth-order valence-electron chi connectivity index (χ4n) is 6.80. The largest absolute Gasteiger partial charge is 0.480 e. The fraction of sp³-hybridized carbons (Fsp3) is 0.842. The number of hydrogen-bond acceptors (Lipinski definition) is 11. The van der Waals surface area contributed by atoms with Crippen molar-refractivity contribution in [1.29, 1.82) is 0 Å². The first-order chi connectivity index (χ1) is 25.1. The van der Waals surface area contributed by atoms with Crippen molar-refractivity contribution in [2.45, 2.75) is 90.3 Å². The Bertz CT molecular complexity index is 1090. The minimum absolute atomic E-state index is 0.0458. The topological polar surface area (TPSA) is 193 Å². The first kappa shape index (κ1) is 46.5. The molecule has 53 heavy (non-hydrogen) atoms. The van der Waals surface area contributed by atoms with Gasteiger partial charge in [0.2, 0.25) is 5.91 Å². The van der Waals surface area contributed by atoms with E-state index in [0.29, 0.717) is 85.0 Å². The van der Waals surface area contributed by atoms with Crippen molar-refractivity contribution in [2.24, 2.45) is 11.8 Å². The van der Waals surface area contributed by atoms with Crippen molar-refractivity contribution in [3.63, 3.8) is 0 Å². The minimum atomic E-state index is -1.01. The van der Waals surface area contributed by atoms with E-state index in [-0.39, 0.29) is 38.7 Å². The second-order valence-electron chi connectivity index (χ2n) is 15.8. The third-order valence-corrected chi connectivity index (χ3v) is 10.4. The van der Waals surface area contributed by atoms with Crippen LogP contribution < -0.4 is 5.32 Å². The van der Waals surface area contributed by atoms with Gasteiger partial charge in [0, 0.05) is 65.5 Å². The summed E-state index contributed by atoms with van der Waals surface area (Å²) < 4.78 is 11.8. The highest BCUT2D eigenvalue weighted by atomic mass is 16.5. The lowest BCUT2D eigenvalue weighted by Crippen LogP contribution is -2.50. The third-order valence-electron chi connectivity index (χ3n) is 10.4. The van der Waals surface area contributed by atoms with Gasteiger partial charge in [0.1, 0.15) is 0 Å². The van der Waals surface area contributed by atoms with E-state index in [1.807, 2.05) is 32.6 Å². The van der Waals surface area contributed by atoms with Gasteiger partial charge in [-0.25, -0.2) is 0 Å². The Labute approximate surface area is 316 Å². The summed E-state index contributed by atoms with van der Waals surface area (Å²) in [5.74, 6) is -1.02. The lowest BCUT2D eigenvalue weighted by molar-refractivity contribution is -0.140. The Morgan fingerprint density at radius 1 is 0.604 bits per heavy atom. The van der Waals surface area contributed by atoms with Crippen LogP contribution in [0, 0.1) is 11.8 Å². The molecule has 1 saturated carbocycles. The number of nitrogens with zero attached hydrogens (tertiary/aromatic N) is 4. The number of rotatable bonds is 18. The standard InChI is InChI=1S/C28H53N5O10.C10H16/c1-27(2,5-16-34)42-17-6-28(3,4)43-18-7-29-23(35)19-30-8-10-31(20-24(36)37)12-14-33(22-26(40)41)15-13-32(11-9-30)21-25(38)39;1-2-4-6-10-8-7-9(10)5-3-1/h34H,5-22H2,1-4H3,(H,29,35)(H,36,37)(H,38,39)(H,40,41);1-2,9-10H,3-8H2/b;2-1+. The molecule has 15 nitrogen and oxygen atoms in total. The zero-order chi connectivity index (χ0) is 39.3. The van der Waals surface area contributed by atoms with Crippen LogP contribution in [0.3, 0.4) is 0 Å². The van der Waals surface area contributed by atoms with E-state index >= 15 is 0 Å². The average Bonchev–Trinajstić information content (AvgIpc) is 3.03. The Hall–Kier alpha value is -2.66. The quantitative estimate of drug-likeness (QED) is 0.101. The maximum Gasteiger partial charge on any atom is 0.317 e. The molecule has 3 rings (SSSR count). The molecule has 2 unspecified atom stereocenters. The van der Waals surface area contributed by atoms with Gasteiger partial charge >= 0.3 is 17.9 Å². The minimum Gasteiger partial charge on any atom is -0.480 e. The molecule has 1 saturated heterocycles. The first-order valence-corrected chi connectivity index (χ1v) is 19.4. The zero-order valence-electron chi connectivity index (χ0n) is 32.8. The van der Waals surface area contributed by atoms with Gasteiger partial charge in [0.25, 0.3) is 0 Å². The number of aliphatic hydroxyl groups excluding tert-OH is 1. The highest BCUT2D eigenvalue weighted by Gasteiger charge is 2.29. The normalized spacial score (nSPS) is 22.3. The number of nitrogens with one attached hydrogen (secondary N) is 1. The molecule has 0 aromatic carbocycles. The number of carbonyl (C=O) groups is 4. The van der Waals surface area contributed by atoms with Gasteiger partial charge in [0.05, 0.1) is 50.6 Å². The second-order valence-corrected chi connectivity index (χ2v) is 15.8. The molecule has 3 aliphatic rings. The molecule has 2 fully saturated rings. The van der Waals surface area contributed by atoms with E-state index in [4.69, 9.17) is 14.6 Å². The number of amides is 1. The number of fused-ring (bicyclic) bond motifs is 1. The van der Waals surface area contributed by atoms with Gasteiger partial charge < -0.3 is 35.2 Å². The molecular weight excluding hydrogens is 686 g/mol. The molecule has 0 aromatic heterocycles. The molecule has 1 aliphatic heterocycles. The predicted octanol–water partition coefficient (Wildman–Crippen LogP) is 2.08. The SMILES string of the molecule is C1=C/CCC2CCC2CC/1.CC(C)(CCO)OCCC(C)(C)OCCNC(=O)CN1CCN(CC(=O)O)CCN(CC(=O)O)CCN(CC(=O)O)CC1. The maximum absolute atomic E-state index is 12.8. The summed E-state index contributed by atoms with van der Waals surface area (Å²) in [6.07, 6.45) is 14.6. The van der Waals surface area contributed by atoms with Gasteiger partial charge in [-0.2, -0.15) is 0 Å². The van der Waals surface area contributed by atoms with E-state index in [0.717, 1.165) is 11.8 Å². The van der Waals surface area contributed by atoms with E-state index in [2.05, 4.69) is 17.5 Å². The monoisotopic (exact) mass is 756 g/mol. The number of carboxylic acids is 3. The molecule has 1 heterocycles. The van der Waals surface area contributed by atoms with Crippen LogP contribution >= 0.6 is 0 Å². The van der Waals surface area contributed by atoms with Crippen LogP contribution in [-0.4, -0.2) is 180 Å². The van der Waals surface area contributed by atoms with Gasteiger partial charge in [-0.3, -0.25) is 38.8 Å². The summed E-state index contributed by atoms with van der Waals surface area (Å²) in [7, 11) is 0. The first-order valence-electron chi connectivity index (χ1n) is 19.4. The molecule has 0 radical (unpaired) electrons. The molecule has 0 spiro atoms. The van der Waals surface area contributed by atoms with Crippen molar-refractivity contribution >= 4 is 23.8 Å². The van der Waals surface area contributed by atoms with Crippen molar-refractivity contribution in [3.8, 4) is 0 Å². The molecule has 2 aliphatic carbocycles. The number of hydrogen-bond donors (Lipinski definition) is 5. The molecule has 5 N–H and O–H groups in total. The number of aliphatic hydroxyl groups is 1. The van der Waals surface area contributed by atoms with Gasteiger partial charge in [-0.1, -0.05) is 12.2 Å². The maximum atomic E-state index is 12.8. The number of carbonyl (C=O) groups excluding carboxylic acids is 1. The summed E-state index contributed by atoms with van der Waals surface area (Å²) in [6, 6.07) is 0. The van der Waals surface area contributed by atoms with Crippen LogP contribution in [0.15, 0.2) is 12.2 Å². The highest BCUT2D eigenvalue weighted by molar-refractivity contribution is 5.78. The summed E-state index contributed by atoms with van der Waals surface area (Å²) in [6.45, 7) is 10.9. The van der Waals surface area contributed by atoms with Crippen LogP contribution in [0.4, 0.5) is 0 Å². The molecule has 0 bridgehead atoms. The van der Waals surface area contributed by atoms with Gasteiger partial charge in [-0.05, 0) is 90.9 Å². The van der Waals surface area contributed by atoms with Crippen molar-refractivity contribution in [2.75, 3.05) is 105 Å². The van der Waals surface area contributed by atoms with Crippen molar-refractivity contribution < 1.29 is 49.1 Å². The Balaban J connectivity index is 0.000000820. The Morgan fingerprint density at radius 2 is 0.981 bits per heavy atom. The second kappa shape index (κ2) is 24.7. The third kappa shape index (κ3) is 21.7. The molecule has 15 heteroatoms. The number of aliphatic carboxylic acids is 3. The zero-order valence-corrected chi connectivity index (χ0v) is 32.8. The predicted molar refractivity (Wildman–Crippen MR) is 202 cm³/mol. The van der Waals surface area contributed by atoms with Crippen LogP contribution in [0.1, 0.15) is 79.1 Å². The fourth-order valence-corrected chi connectivity index (χ4v) is 6.80. The van der Waals surface area contributed by atoms with Gasteiger partial charge in [0.15, 0.2) is 0 Å². The lowest BCUT2D eigenvalue weighted by atomic mass is 9.69. The summed E-state index contributed by atoms with van der Waals surface area (Å²) in [5, 5.41) is 40.0. The summed E-state index contributed by atoms with van der Waals surface area (Å²) in [4.78, 5) is 54.0. The van der Waals surface area contributed by atoms with E-state index in [9.17, 15) is 34.5 Å². The highest BCUT2D eigenvalue weighted by Crippen LogP contribution is 2.41. The number of carboxylic acid groups (broad SMARTS) is 3. The molecule has 1 amide bonds.